The second-order valence-electron chi connectivity index (χ2n) is 11.6. The van der Waals surface area contributed by atoms with E-state index < -0.39 is 23.6 Å². The highest BCUT2D eigenvalue weighted by molar-refractivity contribution is 6.06. The molecule has 9 nitrogen and oxygen atoms in total. The van der Waals surface area contributed by atoms with E-state index in [4.69, 9.17) is 0 Å². The molecule has 2 amide bonds. The van der Waals surface area contributed by atoms with Crippen molar-refractivity contribution in [2.24, 2.45) is 0 Å². The molecule has 2 aromatic rings. The maximum Gasteiger partial charge on any atom is 0.252 e. The van der Waals surface area contributed by atoms with Crippen molar-refractivity contribution < 1.29 is 14.7 Å². The summed E-state index contributed by atoms with van der Waals surface area (Å²) < 4.78 is 0. The third-order valence-electron chi connectivity index (χ3n) is 7.80. The Bertz CT molecular complexity index is 1170. The highest BCUT2D eigenvalue weighted by atomic mass is 16.3. The Kier molecular flexibility index (Phi) is 8.02. The highest BCUT2D eigenvalue weighted by Crippen LogP contribution is 2.37. The summed E-state index contributed by atoms with van der Waals surface area (Å²) in [6.07, 6.45) is 10.9. The van der Waals surface area contributed by atoms with Crippen LogP contribution in [0.4, 0.5) is 5.69 Å². The number of β-amino-alcohol motifs (C(OH)–C–C–N with tert-alkyl or cyclic N) is 1. The first-order chi connectivity index (χ1) is 18.1. The summed E-state index contributed by atoms with van der Waals surface area (Å²) in [5.74, 6) is -0.793. The van der Waals surface area contributed by atoms with Crippen LogP contribution in [0, 0.1) is 11.5 Å². The fourth-order valence-electron chi connectivity index (χ4n) is 5.48. The number of carbonyl (C=O) groups is 2. The van der Waals surface area contributed by atoms with Crippen molar-refractivity contribution >= 4 is 17.5 Å². The van der Waals surface area contributed by atoms with Crippen LogP contribution in [0.25, 0.3) is 0 Å². The molecule has 3 atom stereocenters. The van der Waals surface area contributed by atoms with E-state index in [2.05, 4.69) is 36.1 Å². The van der Waals surface area contributed by atoms with Gasteiger partial charge in [-0.15, -0.1) is 0 Å². The second-order valence-corrected chi connectivity index (χ2v) is 11.6. The number of aliphatic hydroxyl groups excluding tert-OH is 1. The predicted octanol–water partition coefficient (Wildman–Crippen LogP) is 3.39. The molecule has 2 aliphatic rings. The first-order valence-corrected chi connectivity index (χ1v) is 13.4. The first-order valence-electron chi connectivity index (χ1n) is 13.4. The number of aromatic nitrogens is 2. The first kappa shape index (κ1) is 27.5. The van der Waals surface area contributed by atoms with E-state index >= 15 is 0 Å². The van der Waals surface area contributed by atoms with Crippen molar-refractivity contribution in [1.29, 1.82) is 5.26 Å². The van der Waals surface area contributed by atoms with Gasteiger partial charge in [0, 0.05) is 30.5 Å². The molecule has 0 bridgehead atoms. The topological polar surface area (TPSA) is 122 Å². The number of amides is 2. The molecular formula is C29H38N6O3. The molecule has 1 saturated carbocycles. The average molecular weight is 519 g/mol. The number of hydrogen-bond donors (Lipinski definition) is 2. The van der Waals surface area contributed by atoms with Gasteiger partial charge in [-0.1, -0.05) is 52.2 Å². The Hall–Kier alpha value is -3.51. The van der Waals surface area contributed by atoms with Crippen LogP contribution < -0.4 is 10.2 Å². The number of anilines is 1. The Balaban J connectivity index is 1.84. The number of carbonyl (C=O) groups excluding carboxylic acids is 2. The van der Waals surface area contributed by atoms with E-state index in [0.29, 0.717) is 11.4 Å². The lowest BCUT2D eigenvalue weighted by molar-refractivity contribution is -0.132. The molecule has 2 heterocycles. The molecule has 0 radical (unpaired) electrons. The smallest absolute Gasteiger partial charge is 0.252 e. The van der Waals surface area contributed by atoms with Crippen molar-refractivity contribution in [3.05, 3.63) is 54.1 Å². The number of hydrogen-bond acceptors (Lipinski definition) is 7. The molecule has 38 heavy (non-hydrogen) atoms. The quantitative estimate of drug-likeness (QED) is 0.562. The highest BCUT2D eigenvalue weighted by Gasteiger charge is 2.50. The van der Waals surface area contributed by atoms with Gasteiger partial charge in [-0.3, -0.25) is 29.4 Å². The van der Waals surface area contributed by atoms with E-state index in [9.17, 15) is 20.0 Å². The maximum atomic E-state index is 14.4. The number of likely N-dealkylation sites (tertiary alicyclic amines) is 1. The molecule has 1 saturated heterocycles. The summed E-state index contributed by atoms with van der Waals surface area (Å²) in [5.41, 5.74) is 0.252. The molecule has 1 aromatic heterocycles. The van der Waals surface area contributed by atoms with Crippen LogP contribution in [0.1, 0.15) is 77.5 Å². The van der Waals surface area contributed by atoms with Gasteiger partial charge >= 0.3 is 0 Å². The minimum Gasteiger partial charge on any atom is -0.391 e. The van der Waals surface area contributed by atoms with Crippen molar-refractivity contribution in [3.63, 3.8) is 0 Å². The lowest BCUT2D eigenvalue weighted by Gasteiger charge is -2.42. The van der Waals surface area contributed by atoms with E-state index in [-0.39, 0.29) is 30.3 Å². The molecule has 4 rings (SSSR count). The van der Waals surface area contributed by atoms with Gasteiger partial charge in [0.2, 0.25) is 0 Å². The fraction of sp³-hybridized carbons (Fsp3) is 0.552. The van der Waals surface area contributed by atoms with Crippen LogP contribution in [0.3, 0.4) is 0 Å². The zero-order chi connectivity index (χ0) is 27.5. The molecule has 1 aliphatic heterocycles. The van der Waals surface area contributed by atoms with Crippen LogP contribution in [-0.4, -0.2) is 56.5 Å². The van der Waals surface area contributed by atoms with Crippen LogP contribution >= 0.6 is 0 Å². The second kappa shape index (κ2) is 11.1. The monoisotopic (exact) mass is 518 g/mol. The molecule has 2 N–H and O–H groups in total. The molecule has 9 heteroatoms. The van der Waals surface area contributed by atoms with Crippen molar-refractivity contribution in [2.75, 3.05) is 11.4 Å². The standard InChI is InChI=1S/C29H38N6O3/c1-28(2,3)20-10-12-22(13-11-20)35(26(37)24-16-23(36)18-34(24)19-30)29(4,25-17-31-14-15-32-25)27(38)33-21-8-6-5-7-9-21/h10-15,17,21,23-24,36H,5-9,16,18H2,1-4H3,(H,33,38). The Morgan fingerprint density at radius 1 is 1.11 bits per heavy atom. The molecule has 1 aromatic carbocycles. The summed E-state index contributed by atoms with van der Waals surface area (Å²) in [4.78, 5) is 40.0. The van der Waals surface area contributed by atoms with Crippen molar-refractivity contribution in [3.8, 4) is 6.19 Å². The summed E-state index contributed by atoms with van der Waals surface area (Å²) in [6.45, 7) is 8.08. The molecule has 3 unspecified atom stereocenters. The number of nitriles is 1. The number of benzene rings is 1. The van der Waals surface area contributed by atoms with Gasteiger partial charge in [0.1, 0.15) is 6.04 Å². The van der Waals surface area contributed by atoms with Crippen LogP contribution in [0.2, 0.25) is 0 Å². The zero-order valence-electron chi connectivity index (χ0n) is 22.7. The minimum absolute atomic E-state index is 0.0105. The zero-order valence-corrected chi connectivity index (χ0v) is 22.7. The number of rotatable bonds is 6. The van der Waals surface area contributed by atoms with E-state index in [1.165, 1.54) is 28.4 Å². The van der Waals surface area contributed by atoms with Gasteiger partial charge < -0.3 is 10.4 Å². The summed E-state index contributed by atoms with van der Waals surface area (Å²) >= 11 is 0. The van der Waals surface area contributed by atoms with Gasteiger partial charge in [-0.05, 0) is 42.9 Å². The number of nitrogens with one attached hydrogen (secondary N) is 1. The Labute approximate surface area is 224 Å². The van der Waals surface area contributed by atoms with Gasteiger partial charge in [0.15, 0.2) is 11.7 Å². The van der Waals surface area contributed by atoms with Crippen molar-refractivity contribution in [2.45, 2.75) is 95.4 Å². The summed E-state index contributed by atoms with van der Waals surface area (Å²) in [6, 6.07) is 6.69. The fourth-order valence-corrected chi connectivity index (χ4v) is 5.48. The maximum absolute atomic E-state index is 14.4. The Morgan fingerprint density at radius 2 is 1.79 bits per heavy atom. The third kappa shape index (κ3) is 5.51. The van der Waals surface area contributed by atoms with Crippen molar-refractivity contribution in [1.82, 2.24) is 20.2 Å². The average Bonchev–Trinajstić information content (AvgIpc) is 3.30. The van der Waals surface area contributed by atoms with Gasteiger partial charge in [0.25, 0.3) is 11.8 Å². The summed E-state index contributed by atoms with van der Waals surface area (Å²) in [7, 11) is 0. The molecule has 202 valence electrons. The SMILES string of the molecule is CC(C)(C)c1ccc(N(C(=O)C2CC(O)CN2C#N)C(C)(C(=O)NC2CCCCC2)c2cnccn2)cc1. The largest absolute Gasteiger partial charge is 0.391 e. The van der Waals surface area contributed by atoms with Gasteiger partial charge in [-0.25, -0.2) is 0 Å². The predicted molar refractivity (Wildman–Crippen MR) is 144 cm³/mol. The number of nitrogens with zero attached hydrogens (tertiary/aromatic N) is 5. The lowest BCUT2D eigenvalue weighted by Crippen LogP contribution is -2.61. The van der Waals surface area contributed by atoms with E-state index in [0.717, 1.165) is 37.7 Å². The minimum atomic E-state index is -1.55. The van der Waals surface area contributed by atoms with Crippen LogP contribution in [-0.2, 0) is 20.5 Å². The molecule has 2 fully saturated rings. The Morgan fingerprint density at radius 3 is 2.37 bits per heavy atom. The van der Waals surface area contributed by atoms with Gasteiger partial charge in [0.05, 0.1) is 24.5 Å². The van der Waals surface area contributed by atoms with Crippen LogP contribution in [0.5, 0.6) is 0 Å². The van der Waals surface area contributed by atoms with E-state index in [1.807, 2.05) is 30.5 Å². The molecular weight excluding hydrogens is 480 g/mol. The molecule has 0 spiro atoms. The van der Waals surface area contributed by atoms with Gasteiger partial charge in [-0.2, -0.15) is 5.26 Å². The van der Waals surface area contributed by atoms with E-state index in [1.54, 1.807) is 6.92 Å². The third-order valence-corrected chi connectivity index (χ3v) is 7.80. The lowest BCUT2D eigenvalue weighted by atomic mass is 9.86. The van der Waals surface area contributed by atoms with Crippen LogP contribution in [0.15, 0.2) is 42.9 Å². The summed E-state index contributed by atoms with van der Waals surface area (Å²) in [5, 5.41) is 23.2. The molecule has 1 aliphatic carbocycles. The normalized spacial score (nSPS) is 21.8. The number of aliphatic hydroxyl groups is 1.